The first kappa shape index (κ1) is 24.0. The fourth-order valence-corrected chi connectivity index (χ4v) is 4.33. The van der Waals surface area contributed by atoms with E-state index < -0.39 is 17.9 Å². The molecule has 1 aromatic heterocycles. The van der Waals surface area contributed by atoms with E-state index in [0.717, 1.165) is 5.69 Å². The Balaban J connectivity index is 1.84. The molecule has 1 amide bonds. The maximum atomic E-state index is 13.6. The minimum Gasteiger partial charge on any atom is -0.497 e. The van der Waals surface area contributed by atoms with Crippen molar-refractivity contribution in [3.05, 3.63) is 82.8 Å². The highest BCUT2D eigenvalue weighted by Crippen LogP contribution is 2.36. The van der Waals surface area contributed by atoms with Crippen LogP contribution in [-0.4, -0.2) is 36.4 Å². The maximum Gasteiger partial charge on any atom is 0.338 e. The Labute approximate surface area is 207 Å². The molecule has 0 radical (unpaired) electrons. The van der Waals surface area contributed by atoms with Gasteiger partial charge in [0.2, 0.25) is 0 Å². The Hall–Kier alpha value is -4.18. The van der Waals surface area contributed by atoms with Crippen LogP contribution in [0.2, 0.25) is 0 Å². The van der Waals surface area contributed by atoms with Crippen molar-refractivity contribution in [1.82, 2.24) is 10.5 Å². The minimum atomic E-state index is -0.722. The number of nitrogens with zero attached hydrogens (tertiary/aromatic N) is 2. The van der Waals surface area contributed by atoms with E-state index in [9.17, 15) is 9.59 Å². The molecule has 0 aliphatic carbocycles. The molecule has 2 N–H and O–H groups in total. The zero-order valence-corrected chi connectivity index (χ0v) is 20.4. The van der Waals surface area contributed by atoms with Crippen molar-refractivity contribution >= 4 is 40.7 Å². The third-order valence-corrected chi connectivity index (χ3v) is 5.91. The predicted octanol–water partition coefficient (Wildman–Crippen LogP) is 4.13. The lowest BCUT2D eigenvalue weighted by Crippen LogP contribution is -2.49. The number of anilines is 2. The molecule has 1 atom stereocenters. The van der Waals surface area contributed by atoms with Gasteiger partial charge in [-0.15, -0.1) is 0 Å². The number of esters is 1. The summed E-state index contributed by atoms with van der Waals surface area (Å²) in [4.78, 5) is 27.9. The van der Waals surface area contributed by atoms with Crippen LogP contribution in [0.5, 0.6) is 5.75 Å². The van der Waals surface area contributed by atoms with E-state index in [1.54, 1.807) is 56.2 Å². The number of rotatable bonds is 6. The summed E-state index contributed by atoms with van der Waals surface area (Å²) in [7, 11) is 2.90. The fourth-order valence-electron chi connectivity index (χ4n) is 3.97. The first-order valence-electron chi connectivity index (χ1n) is 10.7. The molecule has 35 heavy (non-hydrogen) atoms. The predicted molar refractivity (Wildman–Crippen MR) is 134 cm³/mol. The van der Waals surface area contributed by atoms with Crippen LogP contribution in [0.4, 0.5) is 11.5 Å². The van der Waals surface area contributed by atoms with Gasteiger partial charge in [0.25, 0.3) is 5.91 Å². The topological polar surface area (TPSA) is 106 Å². The van der Waals surface area contributed by atoms with Crippen molar-refractivity contribution < 1.29 is 23.6 Å². The van der Waals surface area contributed by atoms with Gasteiger partial charge in [-0.1, -0.05) is 23.4 Å². The number of allylic oxidation sites excluding steroid dienone is 1. The maximum absolute atomic E-state index is 13.6. The van der Waals surface area contributed by atoms with Crippen molar-refractivity contribution in [2.45, 2.75) is 19.9 Å². The van der Waals surface area contributed by atoms with Gasteiger partial charge in [-0.25, -0.2) is 4.79 Å². The molecule has 2 aromatic carbocycles. The number of aromatic nitrogens is 1. The standard InChI is InChI=1S/C25H24N4O5S/c1-14-13-20(28-34-14)26-23(30)21-15(2)29(16-9-11-17(32-3)12-10-16)25(35)27-22(21)18-7-5-6-8-19(18)24(31)33-4/h5-13,22H,1-4H3,(H,27,35)(H,26,28,30)/t22-/m0/s1. The van der Waals surface area contributed by atoms with E-state index in [-0.39, 0.29) is 5.82 Å². The molecule has 0 saturated heterocycles. The molecule has 180 valence electrons. The zero-order chi connectivity index (χ0) is 25.1. The largest absolute Gasteiger partial charge is 0.497 e. The fraction of sp³-hybridized carbons (Fsp3) is 0.200. The number of ether oxygens (including phenoxy) is 2. The quantitative estimate of drug-likeness (QED) is 0.388. The van der Waals surface area contributed by atoms with E-state index in [0.29, 0.717) is 39.0 Å². The summed E-state index contributed by atoms with van der Waals surface area (Å²) in [6.45, 7) is 3.53. The summed E-state index contributed by atoms with van der Waals surface area (Å²) < 4.78 is 15.3. The van der Waals surface area contributed by atoms with Crippen molar-refractivity contribution in [2.75, 3.05) is 24.4 Å². The van der Waals surface area contributed by atoms with Gasteiger partial charge in [0, 0.05) is 17.5 Å². The molecule has 0 spiro atoms. The molecule has 4 rings (SSSR count). The number of benzene rings is 2. The number of hydrogen-bond acceptors (Lipinski definition) is 7. The summed E-state index contributed by atoms with van der Waals surface area (Å²) in [6, 6.07) is 15.1. The van der Waals surface area contributed by atoms with Crippen LogP contribution in [0, 0.1) is 6.92 Å². The SMILES string of the molecule is COC(=O)c1ccccc1[C@@H]1NC(=S)N(c2ccc(OC)cc2)C(C)=C1C(=O)Nc1cc(C)on1. The molecule has 0 fully saturated rings. The highest BCUT2D eigenvalue weighted by atomic mass is 32.1. The number of aryl methyl sites for hydroxylation is 1. The molecular weight excluding hydrogens is 468 g/mol. The molecule has 1 aliphatic rings. The number of thiocarbonyl (C=S) groups is 1. The van der Waals surface area contributed by atoms with E-state index in [4.69, 9.17) is 26.2 Å². The third kappa shape index (κ3) is 4.73. The van der Waals surface area contributed by atoms with E-state index in [1.165, 1.54) is 7.11 Å². The lowest BCUT2D eigenvalue weighted by molar-refractivity contribution is -0.113. The lowest BCUT2D eigenvalue weighted by Gasteiger charge is -2.38. The second kappa shape index (κ2) is 9.98. The van der Waals surface area contributed by atoms with Crippen LogP contribution in [0.15, 0.2) is 70.4 Å². The summed E-state index contributed by atoms with van der Waals surface area (Å²) in [6.07, 6.45) is 0. The molecule has 1 aliphatic heterocycles. The normalized spacial score (nSPS) is 15.5. The van der Waals surface area contributed by atoms with Crippen LogP contribution < -0.4 is 20.3 Å². The van der Waals surface area contributed by atoms with Gasteiger partial charge in [-0.05, 0) is 62.0 Å². The number of methoxy groups -OCH3 is 2. The number of amides is 1. The Kier molecular flexibility index (Phi) is 6.83. The van der Waals surface area contributed by atoms with Gasteiger partial charge >= 0.3 is 5.97 Å². The average Bonchev–Trinajstić information content (AvgIpc) is 3.27. The smallest absolute Gasteiger partial charge is 0.338 e. The van der Waals surface area contributed by atoms with Gasteiger partial charge in [0.05, 0.1) is 31.4 Å². The Bertz CT molecular complexity index is 1320. The molecule has 10 heteroatoms. The minimum absolute atomic E-state index is 0.275. The van der Waals surface area contributed by atoms with Crippen molar-refractivity contribution in [1.29, 1.82) is 0 Å². The van der Waals surface area contributed by atoms with Crippen LogP contribution in [0.1, 0.15) is 34.6 Å². The van der Waals surface area contributed by atoms with Crippen LogP contribution >= 0.6 is 12.2 Å². The molecule has 0 bridgehead atoms. The number of carbonyl (C=O) groups is 2. The highest BCUT2D eigenvalue weighted by Gasteiger charge is 2.36. The summed E-state index contributed by atoms with van der Waals surface area (Å²) in [5.74, 6) is 0.582. The third-order valence-electron chi connectivity index (χ3n) is 5.61. The Morgan fingerprint density at radius 2 is 1.83 bits per heavy atom. The van der Waals surface area contributed by atoms with Crippen LogP contribution in [0.25, 0.3) is 0 Å². The number of carbonyl (C=O) groups excluding carboxylic acids is 2. The molecule has 0 unspecified atom stereocenters. The molecule has 9 nitrogen and oxygen atoms in total. The van der Waals surface area contributed by atoms with Crippen molar-refractivity contribution in [3.8, 4) is 5.75 Å². The van der Waals surface area contributed by atoms with Crippen molar-refractivity contribution in [2.24, 2.45) is 0 Å². The number of hydrogen-bond donors (Lipinski definition) is 2. The monoisotopic (exact) mass is 492 g/mol. The summed E-state index contributed by atoms with van der Waals surface area (Å²) in [5, 5.41) is 10.3. The highest BCUT2D eigenvalue weighted by molar-refractivity contribution is 7.80. The van der Waals surface area contributed by atoms with Gasteiger partial charge in [0.1, 0.15) is 11.5 Å². The van der Waals surface area contributed by atoms with E-state index in [2.05, 4.69) is 15.8 Å². The van der Waals surface area contributed by atoms with Crippen LogP contribution in [-0.2, 0) is 9.53 Å². The van der Waals surface area contributed by atoms with Gasteiger partial charge in [-0.3, -0.25) is 9.69 Å². The van der Waals surface area contributed by atoms with Crippen LogP contribution in [0.3, 0.4) is 0 Å². The first-order chi connectivity index (χ1) is 16.8. The van der Waals surface area contributed by atoms with Gasteiger partial charge < -0.3 is 24.6 Å². The summed E-state index contributed by atoms with van der Waals surface area (Å²) in [5.41, 5.74) is 2.55. The lowest BCUT2D eigenvalue weighted by atomic mass is 9.90. The Morgan fingerprint density at radius 1 is 1.11 bits per heavy atom. The van der Waals surface area contributed by atoms with Crippen molar-refractivity contribution in [3.63, 3.8) is 0 Å². The van der Waals surface area contributed by atoms with E-state index >= 15 is 0 Å². The average molecular weight is 493 g/mol. The first-order valence-corrected chi connectivity index (χ1v) is 11.1. The molecule has 0 saturated carbocycles. The molecule has 2 heterocycles. The molecule has 3 aromatic rings. The van der Waals surface area contributed by atoms with E-state index in [1.807, 2.05) is 24.3 Å². The number of nitrogens with one attached hydrogen (secondary N) is 2. The zero-order valence-electron chi connectivity index (χ0n) is 19.6. The summed E-state index contributed by atoms with van der Waals surface area (Å²) >= 11 is 5.71. The second-order valence-corrected chi connectivity index (χ2v) is 8.16. The van der Waals surface area contributed by atoms with Gasteiger partial charge in [0.15, 0.2) is 10.9 Å². The second-order valence-electron chi connectivity index (χ2n) is 7.77. The Morgan fingerprint density at radius 3 is 2.46 bits per heavy atom. The molecular formula is C25H24N4O5S. The van der Waals surface area contributed by atoms with Gasteiger partial charge in [-0.2, -0.15) is 0 Å².